The van der Waals surface area contributed by atoms with E-state index in [2.05, 4.69) is 0 Å². The first-order valence-corrected chi connectivity index (χ1v) is 6.24. The molecule has 3 N–H and O–H groups in total. The van der Waals surface area contributed by atoms with E-state index in [9.17, 15) is 26.7 Å². The fraction of sp³-hybridized carbons (Fsp3) is 0.0833. The Balaban J connectivity index is 2.42. The average Bonchev–Trinajstić information content (AvgIpc) is 2.79. The number of rotatable bonds is 2. The van der Waals surface area contributed by atoms with Gasteiger partial charge in [-0.1, -0.05) is 0 Å². The number of carbonyl (C=O) groups is 1. The lowest BCUT2D eigenvalue weighted by Gasteiger charge is -2.08. The lowest BCUT2D eigenvalue weighted by atomic mass is 10.2. The van der Waals surface area contributed by atoms with Crippen molar-refractivity contribution in [3.8, 4) is 0 Å². The van der Waals surface area contributed by atoms with Crippen molar-refractivity contribution in [1.29, 1.82) is 0 Å². The van der Waals surface area contributed by atoms with Crippen molar-refractivity contribution in [2.24, 2.45) is 0 Å². The summed E-state index contributed by atoms with van der Waals surface area (Å²) < 4.78 is 65.7. The molecule has 0 atom stereocenters. The van der Waals surface area contributed by atoms with Crippen LogP contribution in [-0.2, 0) is 0 Å². The molecule has 2 rings (SSSR count). The number of carbonyl (C=O) groups excluding carboxylic acids is 1. The van der Waals surface area contributed by atoms with Crippen LogP contribution in [0.3, 0.4) is 0 Å². The van der Waals surface area contributed by atoms with Gasteiger partial charge >= 0.3 is 0 Å². The topological polar surface area (TPSA) is 55.1 Å². The zero-order chi connectivity index (χ0) is 15.9. The molecular formula is C12H7F5N2OS. The minimum Gasteiger partial charge on any atom is -0.398 e. The van der Waals surface area contributed by atoms with Crippen molar-refractivity contribution in [3.63, 3.8) is 0 Å². The Morgan fingerprint density at radius 3 is 1.95 bits per heavy atom. The molecule has 0 unspecified atom stereocenters. The fourth-order valence-corrected chi connectivity index (χ4v) is 2.33. The summed E-state index contributed by atoms with van der Waals surface area (Å²) in [5.41, 5.74) is 4.39. The van der Waals surface area contributed by atoms with Gasteiger partial charge in [-0.2, -0.15) is 0 Å². The second-order valence-electron chi connectivity index (χ2n) is 4.02. The first kappa shape index (κ1) is 15.2. The highest BCUT2D eigenvalue weighted by Crippen LogP contribution is 2.29. The highest BCUT2D eigenvalue weighted by Gasteiger charge is 2.27. The average molecular weight is 322 g/mol. The number of nitrogens with two attached hydrogens (primary N) is 1. The molecule has 1 aromatic carbocycles. The van der Waals surface area contributed by atoms with Gasteiger partial charge in [0.05, 0.1) is 4.88 Å². The fourth-order valence-electron chi connectivity index (χ4n) is 1.50. The maximum Gasteiger partial charge on any atom is 0.265 e. The van der Waals surface area contributed by atoms with Crippen molar-refractivity contribution in [2.45, 2.75) is 6.92 Å². The SMILES string of the molecule is Cc1sc(C(=O)Nc2c(F)c(F)c(F)c(F)c2F)cc1N. The molecule has 2 aromatic rings. The van der Waals surface area contributed by atoms with Crippen molar-refractivity contribution in [3.05, 3.63) is 44.9 Å². The van der Waals surface area contributed by atoms with Gasteiger partial charge in [-0.3, -0.25) is 4.79 Å². The van der Waals surface area contributed by atoms with E-state index in [1.54, 1.807) is 12.2 Å². The van der Waals surface area contributed by atoms with E-state index >= 15 is 0 Å². The molecule has 1 amide bonds. The van der Waals surface area contributed by atoms with Crippen LogP contribution in [0.2, 0.25) is 0 Å². The van der Waals surface area contributed by atoms with Gasteiger partial charge < -0.3 is 11.1 Å². The number of thiophene rings is 1. The van der Waals surface area contributed by atoms with Crippen LogP contribution in [0.1, 0.15) is 14.5 Å². The van der Waals surface area contributed by atoms with Crippen LogP contribution >= 0.6 is 11.3 Å². The normalized spacial score (nSPS) is 10.8. The van der Waals surface area contributed by atoms with E-state index in [0.717, 1.165) is 11.3 Å². The van der Waals surface area contributed by atoms with Gasteiger partial charge in [0.2, 0.25) is 5.82 Å². The number of hydrogen-bond donors (Lipinski definition) is 2. The minimum absolute atomic E-state index is 0.0195. The summed E-state index contributed by atoms with van der Waals surface area (Å²) in [6.45, 7) is 1.61. The van der Waals surface area contributed by atoms with Gasteiger partial charge in [0.1, 0.15) is 5.69 Å². The molecular weight excluding hydrogens is 315 g/mol. The third-order valence-corrected chi connectivity index (χ3v) is 3.69. The van der Waals surface area contributed by atoms with Crippen molar-refractivity contribution < 1.29 is 26.7 Å². The van der Waals surface area contributed by atoms with Crippen molar-refractivity contribution in [2.75, 3.05) is 11.1 Å². The van der Waals surface area contributed by atoms with Crippen LogP contribution in [0.15, 0.2) is 6.07 Å². The Morgan fingerprint density at radius 1 is 1.05 bits per heavy atom. The van der Waals surface area contributed by atoms with Gasteiger partial charge in [-0.05, 0) is 13.0 Å². The number of nitrogen functional groups attached to an aromatic ring is 1. The molecule has 0 bridgehead atoms. The molecule has 0 spiro atoms. The van der Waals surface area contributed by atoms with Gasteiger partial charge in [0, 0.05) is 10.6 Å². The largest absolute Gasteiger partial charge is 0.398 e. The standard InChI is InChI=1S/C12H7F5N2OS/c1-3-4(18)2-5(21-3)12(20)19-11-9(16)7(14)6(13)8(15)10(11)17/h2H,18H2,1H3,(H,19,20). The summed E-state index contributed by atoms with van der Waals surface area (Å²) in [4.78, 5) is 12.3. The second kappa shape index (κ2) is 5.32. The maximum atomic E-state index is 13.4. The Hall–Kier alpha value is -2.16. The summed E-state index contributed by atoms with van der Waals surface area (Å²) >= 11 is 0.921. The first-order valence-electron chi connectivity index (χ1n) is 5.42. The maximum absolute atomic E-state index is 13.4. The lowest BCUT2D eigenvalue weighted by molar-refractivity contribution is 0.102. The van der Waals surface area contributed by atoms with Crippen molar-refractivity contribution in [1.82, 2.24) is 0 Å². The smallest absolute Gasteiger partial charge is 0.265 e. The minimum atomic E-state index is -2.29. The van der Waals surface area contributed by atoms with Crippen LogP contribution in [0.4, 0.5) is 33.3 Å². The molecule has 0 aliphatic heterocycles. The molecule has 0 aliphatic carbocycles. The Bertz CT molecular complexity index is 695. The molecule has 112 valence electrons. The zero-order valence-electron chi connectivity index (χ0n) is 10.4. The van der Waals surface area contributed by atoms with E-state index in [4.69, 9.17) is 5.73 Å². The van der Waals surface area contributed by atoms with E-state index in [1.165, 1.54) is 6.07 Å². The number of hydrogen-bond acceptors (Lipinski definition) is 3. The zero-order valence-corrected chi connectivity index (χ0v) is 11.2. The second-order valence-corrected chi connectivity index (χ2v) is 5.28. The highest BCUT2D eigenvalue weighted by atomic mass is 32.1. The Kier molecular flexibility index (Phi) is 3.86. The Morgan fingerprint density at radius 2 is 1.52 bits per heavy atom. The summed E-state index contributed by atoms with van der Waals surface area (Å²) in [6.07, 6.45) is 0. The van der Waals surface area contributed by atoms with Gasteiger partial charge in [-0.25, -0.2) is 22.0 Å². The van der Waals surface area contributed by atoms with Crippen LogP contribution < -0.4 is 11.1 Å². The highest BCUT2D eigenvalue weighted by molar-refractivity contribution is 7.14. The molecule has 0 radical (unpaired) electrons. The predicted molar refractivity (Wildman–Crippen MR) is 67.7 cm³/mol. The number of anilines is 2. The summed E-state index contributed by atoms with van der Waals surface area (Å²) in [5, 5.41) is 1.66. The molecule has 1 heterocycles. The number of nitrogens with one attached hydrogen (secondary N) is 1. The van der Waals surface area contributed by atoms with Gasteiger partial charge in [0.15, 0.2) is 23.3 Å². The molecule has 1 aromatic heterocycles. The third-order valence-electron chi connectivity index (χ3n) is 2.63. The van der Waals surface area contributed by atoms with E-state index in [1.807, 2.05) is 0 Å². The van der Waals surface area contributed by atoms with E-state index in [0.29, 0.717) is 4.88 Å². The van der Waals surface area contributed by atoms with Crippen LogP contribution in [0.5, 0.6) is 0 Å². The Labute approximate surface area is 119 Å². The molecule has 0 fully saturated rings. The predicted octanol–water partition coefficient (Wildman–Crippen LogP) is 3.59. The molecule has 21 heavy (non-hydrogen) atoms. The lowest BCUT2D eigenvalue weighted by Crippen LogP contribution is -2.16. The molecule has 3 nitrogen and oxygen atoms in total. The van der Waals surface area contributed by atoms with Gasteiger partial charge in [-0.15, -0.1) is 11.3 Å². The quantitative estimate of drug-likeness (QED) is 0.504. The van der Waals surface area contributed by atoms with Crippen molar-refractivity contribution >= 4 is 28.6 Å². The van der Waals surface area contributed by atoms with E-state index in [-0.39, 0.29) is 10.6 Å². The number of amides is 1. The summed E-state index contributed by atoms with van der Waals surface area (Å²) in [6, 6.07) is 1.24. The molecule has 0 saturated carbocycles. The van der Waals surface area contributed by atoms with Gasteiger partial charge in [0.25, 0.3) is 5.91 Å². The van der Waals surface area contributed by atoms with Crippen LogP contribution in [0.25, 0.3) is 0 Å². The summed E-state index contributed by atoms with van der Waals surface area (Å²) in [7, 11) is 0. The number of benzene rings is 1. The third kappa shape index (κ3) is 2.56. The molecule has 0 saturated heterocycles. The summed E-state index contributed by atoms with van der Waals surface area (Å²) in [5.74, 6) is -11.8. The number of aryl methyl sites for hydroxylation is 1. The first-order chi connectivity index (χ1) is 9.73. The molecule has 0 aliphatic rings. The van der Waals surface area contributed by atoms with Crippen LogP contribution in [0, 0.1) is 36.0 Å². The van der Waals surface area contributed by atoms with E-state index < -0.39 is 40.7 Å². The monoisotopic (exact) mass is 322 g/mol. The number of halogens is 5. The molecule has 9 heteroatoms. The van der Waals surface area contributed by atoms with Crippen LogP contribution in [-0.4, -0.2) is 5.91 Å².